The zero-order chi connectivity index (χ0) is 15.2. The molecule has 0 aliphatic rings. The molecule has 0 heterocycles. The van der Waals surface area contributed by atoms with Crippen molar-refractivity contribution in [2.24, 2.45) is 0 Å². The van der Waals surface area contributed by atoms with Crippen molar-refractivity contribution in [1.29, 1.82) is 0 Å². The quantitative estimate of drug-likeness (QED) is 0.838. The zero-order valence-corrected chi connectivity index (χ0v) is 12.5. The summed E-state index contributed by atoms with van der Waals surface area (Å²) < 4.78 is 13.4. The first kappa shape index (κ1) is 15.5. The van der Waals surface area contributed by atoms with Crippen LogP contribution in [0.5, 0.6) is 0 Å². The van der Waals surface area contributed by atoms with Crippen LogP contribution in [0.25, 0.3) is 0 Å². The smallest absolute Gasteiger partial charge is 0.125 e. The second kappa shape index (κ2) is 7.23. The molecule has 0 aliphatic heterocycles. The molecule has 2 rings (SSSR count). The van der Waals surface area contributed by atoms with Gasteiger partial charge in [0.1, 0.15) is 5.82 Å². The SMILES string of the molecule is Cc1cc(F)cc(NC(CO)CC(C)c2ccccc2)c1. The summed E-state index contributed by atoms with van der Waals surface area (Å²) in [4.78, 5) is 0. The topological polar surface area (TPSA) is 32.3 Å². The summed E-state index contributed by atoms with van der Waals surface area (Å²) in [7, 11) is 0. The van der Waals surface area contributed by atoms with Gasteiger partial charge in [0, 0.05) is 11.7 Å². The number of aliphatic hydroxyl groups is 1. The number of hydrogen-bond donors (Lipinski definition) is 2. The van der Waals surface area contributed by atoms with Gasteiger partial charge in [0.2, 0.25) is 0 Å². The predicted molar refractivity (Wildman–Crippen MR) is 85.1 cm³/mol. The molecule has 0 saturated heterocycles. The standard InChI is InChI=1S/C18H22FNO/c1-13-8-16(19)11-17(9-13)20-18(12-21)10-14(2)15-6-4-3-5-7-15/h3-9,11,14,18,20-21H,10,12H2,1-2H3. The Hall–Kier alpha value is -1.87. The van der Waals surface area contributed by atoms with Crippen LogP contribution in [0.15, 0.2) is 48.5 Å². The third-order valence-corrected chi connectivity index (χ3v) is 3.64. The normalized spacial score (nSPS) is 13.7. The van der Waals surface area contributed by atoms with E-state index in [1.165, 1.54) is 17.7 Å². The summed E-state index contributed by atoms with van der Waals surface area (Å²) in [6, 6.07) is 14.9. The average molecular weight is 287 g/mol. The van der Waals surface area contributed by atoms with Crippen molar-refractivity contribution in [2.75, 3.05) is 11.9 Å². The Bertz CT molecular complexity index is 550. The molecule has 2 atom stereocenters. The second-order valence-corrected chi connectivity index (χ2v) is 5.59. The highest BCUT2D eigenvalue weighted by Crippen LogP contribution is 2.22. The van der Waals surface area contributed by atoms with Crippen LogP contribution in [-0.2, 0) is 0 Å². The summed E-state index contributed by atoms with van der Waals surface area (Å²) in [6.07, 6.45) is 0.788. The molecule has 0 radical (unpaired) electrons. The molecular weight excluding hydrogens is 265 g/mol. The Labute approximate surface area is 125 Å². The second-order valence-electron chi connectivity index (χ2n) is 5.59. The largest absolute Gasteiger partial charge is 0.394 e. The maximum absolute atomic E-state index is 13.4. The van der Waals surface area contributed by atoms with Gasteiger partial charge in [-0.3, -0.25) is 0 Å². The van der Waals surface area contributed by atoms with Crippen LogP contribution in [0.3, 0.4) is 0 Å². The first-order valence-electron chi connectivity index (χ1n) is 7.28. The van der Waals surface area contributed by atoms with E-state index in [0.717, 1.165) is 12.0 Å². The lowest BCUT2D eigenvalue weighted by atomic mass is 9.94. The van der Waals surface area contributed by atoms with Crippen molar-refractivity contribution >= 4 is 5.69 Å². The Morgan fingerprint density at radius 3 is 2.48 bits per heavy atom. The molecule has 0 spiro atoms. The van der Waals surface area contributed by atoms with Gasteiger partial charge >= 0.3 is 0 Å². The van der Waals surface area contributed by atoms with Gasteiger partial charge in [-0.1, -0.05) is 37.3 Å². The van der Waals surface area contributed by atoms with Crippen LogP contribution in [0, 0.1) is 12.7 Å². The lowest BCUT2D eigenvalue weighted by Gasteiger charge is -2.22. The fraction of sp³-hybridized carbons (Fsp3) is 0.333. The van der Waals surface area contributed by atoms with Gasteiger partial charge in [-0.2, -0.15) is 0 Å². The minimum Gasteiger partial charge on any atom is -0.394 e. The Morgan fingerprint density at radius 1 is 1.14 bits per heavy atom. The molecule has 2 nitrogen and oxygen atoms in total. The van der Waals surface area contributed by atoms with Crippen molar-refractivity contribution < 1.29 is 9.50 Å². The summed E-state index contributed by atoms with van der Waals surface area (Å²) >= 11 is 0. The average Bonchev–Trinajstić information content (AvgIpc) is 2.46. The molecule has 3 heteroatoms. The van der Waals surface area contributed by atoms with Crippen molar-refractivity contribution in [1.82, 2.24) is 0 Å². The first-order valence-corrected chi connectivity index (χ1v) is 7.28. The van der Waals surface area contributed by atoms with E-state index < -0.39 is 0 Å². The van der Waals surface area contributed by atoms with E-state index in [0.29, 0.717) is 11.6 Å². The van der Waals surface area contributed by atoms with Gasteiger partial charge < -0.3 is 10.4 Å². The van der Waals surface area contributed by atoms with E-state index in [2.05, 4.69) is 24.4 Å². The van der Waals surface area contributed by atoms with Gasteiger partial charge in [-0.15, -0.1) is 0 Å². The highest BCUT2D eigenvalue weighted by Gasteiger charge is 2.14. The fourth-order valence-electron chi connectivity index (χ4n) is 2.58. The number of aliphatic hydroxyl groups excluding tert-OH is 1. The minimum atomic E-state index is -0.259. The van der Waals surface area contributed by atoms with E-state index in [1.807, 2.05) is 31.2 Å². The maximum atomic E-state index is 13.4. The number of aryl methyl sites for hydroxylation is 1. The molecule has 0 fully saturated rings. The maximum Gasteiger partial charge on any atom is 0.125 e. The summed E-state index contributed by atoms with van der Waals surface area (Å²) in [5, 5.41) is 12.8. The van der Waals surface area contributed by atoms with Crippen molar-refractivity contribution in [3.63, 3.8) is 0 Å². The predicted octanol–water partition coefficient (Wildman–Crippen LogP) is 4.10. The Morgan fingerprint density at radius 2 is 1.86 bits per heavy atom. The van der Waals surface area contributed by atoms with Crippen LogP contribution < -0.4 is 5.32 Å². The van der Waals surface area contributed by atoms with Crippen molar-refractivity contribution in [3.05, 3.63) is 65.5 Å². The van der Waals surface area contributed by atoms with Crippen LogP contribution in [-0.4, -0.2) is 17.8 Å². The number of rotatable bonds is 6. The molecule has 0 aliphatic carbocycles. The molecule has 112 valence electrons. The molecule has 0 saturated carbocycles. The van der Waals surface area contributed by atoms with Gasteiger partial charge in [0.05, 0.1) is 6.61 Å². The summed E-state index contributed by atoms with van der Waals surface area (Å²) in [5.41, 5.74) is 2.82. The van der Waals surface area contributed by atoms with Crippen molar-refractivity contribution in [2.45, 2.75) is 32.2 Å². The number of anilines is 1. The zero-order valence-electron chi connectivity index (χ0n) is 12.5. The highest BCUT2D eigenvalue weighted by atomic mass is 19.1. The molecule has 2 aromatic rings. The van der Waals surface area contributed by atoms with Gasteiger partial charge in [0.25, 0.3) is 0 Å². The minimum absolute atomic E-state index is 0.0206. The molecule has 2 N–H and O–H groups in total. The fourth-order valence-corrected chi connectivity index (χ4v) is 2.58. The third kappa shape index (κ3) is 4.57. The Balaban J connectivity index is 2.03. The lowest BCUT2D eigenvalue weighted by Crippen LogP contribution is -2.25. The Kier molecular flexibility index (Phi) is 5.34. The number of nitrogens with one attached hydrogen (secondary N) is 1. The molecule has 0 aromatic heterocycles. The molecule has 0 amide bonds. The number of benzene rings is 2. The van der Waals surface area contributed by atoms with Gasteiger partial charge in [-0.05, 0) is 48.6 Å². The van der Waals surface area contributed by atoms with Crippen LogP contribution >= 0.6 is 0 Å². The van der Waals surface area contributed by atoms with E-state index in [4.69, 9.17) is 0 Å². The van der Waals surface area contributed by atoms with Crippen LogP contribution in [0.1, 0.15) is 30.4 Å². The van der Waals surface area contributed by atoms with E-state index in [1.54, 1.807) is 0 Å². The molecule has 2 unspecified atom stereocenters. The summed E-state index contributed by atoms with van der Waals surface area (Å²) in [6.45, 7) is 4.01. The molecule has 21 heavy (non-hydrogen) atoms. The number of hydrogen-bond acceptors (Lipinski definition) is 2. The van der Waals surface area contributed by atoms with E-state index in [-0.39, 0.29) is 18.5 Å². The van der Waals surface area contributed by atoms with E-state index in [9.17, 15) is 9.50 Å². The molecular formula is C18H22FNO. The lowest BCUT2D eigenvalue weighted by molar-refractivity contribution is 0.264. The van der Waals surface area contributed by atoms with Crippen molar-refractivity contribution in [3.8, 4) is 0 Å². The summed E-state index contributed by atoms with van der Waals surface area (Å²) in [5.74, 6) is 0.0656. The van der Waals surface area contributed by atoms with Gasteiger partial charge in [-0.25, -0.2) is 4.39 Å². The first-order chi connectivity index (χ1) is 10.1. The van der Waals surface area contributed by atoms with Gasteiger partial charge in [0.15, 0.2) is 0 Å². The third-order valence-electron chi connectivity index (χ3n) is 3.64. The molecule has 2 aromatic carbocycles. The molecule has 0 bridgehead atoms. The monoisotopic (exact) mass is 287 g/mol. The number of halogens is 1. The van der Waals surface area contributed by atoms with Crippen LogP contribution in [0.2, 0.25) is 0 Å². The van der Waals surface area contributed by atoms with Crippen LogP contribution in [0.4, 0.5) is 10.1 Å². The highest BCUT2D eigenvalue weighted by molar-refractivity contribution is 5.47. The van der Waals surface area contributed by atoms with E-state index >= 15 is 0 Å².